The zero-order valence-electron chi connectivity index (χ0n) is 14.3. The first kappa shape index (κ1) is 17.2. The zero-order chi connectivity index (χ0) is 17.6. The SMILES string of the molecule is Cc1nc2n(n1)CC(NCC(=O)N(CCC#N)Cc1ccco1)CC2. The van der Waals surface area contributed by atoms with Crippen molar-refractivity contribution in [3.8, 4) is 6.07 Å². The van der Waals surface area contributed by atoms with Crippen LogP contribution in [0.25, 0.3) is 0 Å². The number of fused-ring (bicyclic) bond motifs is 1. The Balaban J connectivity index is 1.53. The molecule has 0 fully saturated rings. The zero-order valence-corrected chi connectivity index (χ0v) is 14.3. The number of aryl methyl sites for hydroxylation is 2. The van der Waals surface area contributed by atoms with Crippen LogP contribution in [0.5, 0.6) is 0 Å². The van der Waals surface area contributed by atoms with Crippen LogP contribution < -0.4 is 5.32 Å². The van der Waals surface area contributed by atoms with Gasteiger partial charge in [0.05, 0.1) is 38.4 Å². The van der Waals surface area contributed by atoms with E-state index in [1.807, 2.05) is 17.7 Å². The van der Waals surface area contributed by atoms with Crippen molar-refractivity contribution in [3.05, 3.63) is 35.8 Å². The van der Waals surface area contributed by atoms with Crippen LogP contribution in [0.2, 0.25) is 0 Å². The molecule has 0 bridgehead atoms. The molecule has 1 amide bonds. The van der Waals surface area contributed by atoms with Crippen molar-refractivity contribution < 1.29 is 9.21 Å². The molecule has 2 aromatic heterocycles. The van der Waals surface area contributed by atoms with Crippen molar-refractivity contribution in [2.45, 2.75) is 45.3 Å². The molecule has 1 unspecified atom stereocenters. The van der Waals surface area contributed by atoms with E-state index in [2.05, 4.69) is 21.5 Å². The minimum absolute atomic E-state index is 0.0350. The Kier molecular flexibility index (Phi) is 5.46. The molecule has 132 valence electrons. The lowest BCUT2D eigenvalue weighted by atomic mass is 10.1. The van der Waals surface area contributed by atoms with Gasteiger partial charge >= 0.3 is 0 Å². The predicted octanol–water partition coefficient (Wildman–Crippen LogP) is 1.03. The van der Waals surface area contributed by atoms with E-state index in [-0.39, 0.29) is 18.5 Å². The van der Waals surface area contributed by atoms with E-state index >= 15 is 0 Å². The minimum atomic E-state index is -0.0350. The molecule has 0 aromatic carbocycles. The molecule has 8 nitrogen and oxygen atoms in total. The summed E-state index contributed by atoms with van der Waals surface area (Å²) in [6.07, 6.45) is 3.68. The number of furan rings is 1. The number of nitrogens with one attached hydrogen (secondary N) is 1. The number of carbonyl (C=O) groups excluding carboxylic acids is 1. The number of hydrogen-bond donors (Lipinski definition) is 1. The third-order valence-electron chi connectivity index (χ3n) is 4.28. The van der Waals surface area contributed by atoms with Gasteiger partial charge in [-0.05, 0) is 25.5 Å². The van der Waals surface area contributed by atoms with Gasteiger partial charge in [-0.1, -0.05) is 0 Å². The van der Waals surface area contributed by atoms with Crippen LogP contribution in [0, 0.1) is 18.3 Å². The van der Waals surface area contributed by atoms with Crippen molar-refractivity contribution in [2.75, 3.05) is 13.1 Å². The van der Waals surface area contributed by atoms with Gasteiger partial charge in [-0.25, -0.2) is 9.67 Å². The molecule has 0 spiro atoms. The van der Waals surface area contributed by atoms with Gasteiger partial charge in [0.1, 0.15) is 17.4 Å². The maximum atomic E-state index is 12.5. The minimum Gasteiger partial charge on any atom is -0.467 e. The molecular weight excluding hydrogens is 320 g/mol. The number of rotatable bonds is 7. The largest absolute Gasteiger partial charge is 0.467 e. The van der Waals surface area contributed by atoms with Gasteiger partial charge in [0.15, 0.2) is 0 Å². The first-order valence-electron chi connectivity index (χ1n) is 8.46. The average Bonchev–Trinajstić information content (AvgIpc) is 3.24. The maximum Gasteiger partial charge on any atom is 0.236 e. The third kappa shape index (κ3) is 4.45. The lowest BCUT2D eigenvalue weighted by Gasteiger charge is -2.26. The number of hydrogen-bond acceptors (Lipinski definition) is 6. The summed E-state index contributed by atoms with van der Waals surface area (Å²) in [4.78, 5) is 18.6. The summed E-state index contributed by atoms with van der Waals surface area (Å²) < 4.78 is 7.23. The van der Waals surface area contributed by atoms with E-state index < -0.39 is 0 Å². The van der Waals surface area contributed by atoms with E-state index in [1.54, 1.807) is 17.2 Å². The van der Waals surface area contributed by atoms with Gasteiger partial charge in [-0.3, -0.25) is 4.79 Å². The Hall–Kier alpha value is -2.66. The van der Waals surface area contributed by atoms with Gasteiger partial charge in [-0.15, -0.1) is 0 Å². The van der Waals surface area contributed by atoms with Crippen molar-refractivity contribution in [3.63, 3.8) is 0 Å². The summed E-state index contributed by atoms with van der Waals surface area (Å²) in [5.74, 6) is 2.47. The summed E-state index contributed by atoms with van der Waals surface area (Å²) in [5.41, 5.74) is 0. The molecule has 2 aromatic rings. The van der Waals surface area contributed by atoms with Crippen molar-refractivity contribution in [2.24, 2.45) is 0 Å². The first-order chi connectivity index (χ1) is 12.2. The van der Waals surface area contributed by atoms with Gasteiger partial charge in [0.25, 0.3) is 0 Å². The van der Waals surface area contributed by atoms with Crippen LogP contribution in [0.3, 0.4) is 0 Å². The summed E-state index contributed by atoms with van der Waals surface area (Å²) >= 11 is 0. The fourth-order valence-corrected chi connectivity index (χ4v) is 3.01. The molecule has 3 heterocycles. The normalized spacial score (nSPS) is 16.2. The molecule has 0 radical (unpaired) electrons. The topological polar surface area (TPSA) is 100.0 Å². The highest BCUT2D eigenvalue weighted by Crippen LogP contribution is 2.13. The van der Waals surface area contributed by atoms with E-state index in [0.29, 0.717) is 25.3 Å². The van der Waals surface area contributed by atoms with Gasteiger partial charge < -0.3 is 14.6 Å². The first-order valence-corrected chi connectivity index (χ1v) is 8.46. The molecule has 1 atom stereocenters. The van der Waals surface area contributed by atoms with Gasteiger partial charge in [0.2, 0.25) is 5.91 Å². The summed E-state index contributed by atoms with van der Waals surface area (Å²) in [6.45, 7) is 3.62. The van der Waals surface area contributed by atoms with E-state index in [4.69, 9.17) is 9.68 Å². The van der Waals surface area contributed by atoms with E-state index in [1.165, 1.54) is 0 Å². The van der Waals surface area contributed by atoms with Crippen LogP contribution in [-0.4, -0.2) is 44.7 Å². The van der Waals surface area contributed by atoms with Crippen molar-refractivity contribution in [1.82, 2.24) is 25.0 Å². The highest BCUT2D eigenvalue weighted by atomic mass is 16.3. The number of carbonyl (C=O) groups is 1. The second kappa shape index (κ2) is 7.94. The van der Waals surface area contributed by atoms with Crippen molar-refractivity contribution in [1.29, 1.82) is 5.26 Å². The highest BCUT2D eigenvalue weighted by Gasteiger charge is 2.22. The van der Waals surface area contributed by atoms with Crippen molar-refractivity contribution >= 4 is 5.91 Å². The molecule has 1 aliphatic rings. The molecule has 0 saturated heterocycles. The van der Waals surface area contributed by atoms with Gasteiger partial charge in [0, 0.05) is 19.0 Å². The summed E-state index contributed by atoms with van der Waals surface area (Å²) in [6, 6.07) is 5.90. The highest BCUT2D eigenvalue weighted by molar-refractivity contribution is 5.78. The average molecular weight is 342 g/mol. The quantitative estimate of drug-likeness (QED) is 0.806. The monoisotopic (exact) mass is 342 g/mol. The predicted molar refractivity (Wildman–Crippen MR) is 89.2 cm³/mol. The third-order valence-corrected chi connectivity index (χ3v) is 4.28. The fourth-order valence-electron chi connectivity index (χ4n) is 3.01. The lowest BCUT2D eigenvalue weighted by Crippen LogP contribution is -2.44. The lowest BCUT2D eigenvalue weighted by molar-refractivity contribution is -0.131. The summed E-state index contributed by atoms with van der Waals surface area (Å²) in [5, 5.41) is 16.5. The summed E-state index contributed by atoms with van der Waals surface area (Å²) in [7, 11) is 0. The number of amides is 1. The Bertz CT molecular complexity index is 746. The molecule has 0 saturated carbocycles. The second-order valence-corrected chi connectivity index (χ2v) is 6.18. The second-order valence-electron chi connectivity index (χ2n) is 6.18. The number of aromatic nitrogens is 3. The molecule has 3 rings (SSSR count). The smallest absolute Gasteiger partial charge is 0.236 e. The van der Waals surface area contributed by atoms with Crippen LogP contribution >= 0.6 is 0 Å². The molecule has 1 N–H and O–H groups in total. The Morgan fingerprint density at radius 2 is 2.48 bits per heavy atom. The van der Waals surface area contributed by atoms with Crippen LogP contribution in [0.4, 0.5) is 0 Å². The maximum absolute atomic E-state index is 12.5. The molecule has 1 aliphatic heterocycles. The number of nitrogens with zero attached hydrogens (tertiary/aromatic N) is 5. The standard InChI is InChI=1S/C17H22N6O2/c1-13-20-16-6-5-14(11-23(16)21-13)19-10-17(24)22(8-3-7-18)12-15-4-2-9-25-15/h2,4,9,14,19H,3,5-6,8,10-12H2,1H3. The van der Waals surface area contributed by atoms with Gasteiger partial charge in [-0.2, -0.15) is 10.4 Å². The molecule has 0 aliphatic carbocycles. The van der Waals surface area contributed by atoms with E-state index in [0.717, 1.165) is 31.0 Å². The Morgan fingerprint density at radius 3 is 3.24 bits per heavy atom. The Morgan fingerprint density at radius 1 is 1.60 bits per heavy atom. The molecule has 25 heavy (non-hydrogen) atoms. The van der Waals surface area contributed by atoms with Crippen LogP contribution in [0.1, 0.15) is 30.3 Å². The fraction of sp³-hybridized carbons (Fsp3) is 0.529. The Labute approximate surface area is 146 Å². The number of nitriles is 1. The molecule has 8 heteroatoms. The van der Waals surface area contributed by atoms with Crippen LogP contribution in [-0.2, 0) is 24.3 Å². The molecular formula is C17H22N6O2. The van der Waals surface area contributed by atoms with E-state index in [9.17, 15) is 4.79 Å². The van der Waals surface area contributed by atoms with Crippen LogP contribution in [0.15, 0.2) is 22.8 Å².